The fourth-order valence-corrected chi connectivity index (χ4v) is 3.56. The van der Waals surface area contributed by atoms with E-state index in [-0.39, 0.29) is 17.7 Å². The van der Waals surface area contributed by atoms with Gasteiger partial charge in [-0.05, 0) is 49.2 Å². The fraction of sp³-hybridized carbons (Fsp3) is 0.261. The van der Waals surface area contributed by atoms with Gasteiger partial charge in [-0.15, -0.1) is 11.3 Å². The molecule has 0 aliphatic carbocycles. The van der Waals surface area contributed by atoms with Crippen LogP contribution in [0.3, 0.4) is 0 Å². The average Bonchev–Trinajstić information content (AvgIpc) is 3.18. The third kappa shape index (κ3) is 5.24. The molecule has 7 heteroatoms. The topological polar surface area (TPSA) is 80.3 Å². The minimum absolute atomic E-state index is 0.0792. The zero-order valence-corrected chi connectivity index (χ0v) is 18.2. The highest BCUT2D eigenvalue weighted by Gasteiger charge is 2.25. The molecule has 0 aliphatic heterocycles. The number of hydrogen-bond donors (Lipinski definition) is 2. The summed E-state index contributed by atoms with van der Waals surface area (Å²) in [4.78, 5) is 29.9. The summed E-state index contributed by atoms with van der Waals surface area (Å²) < 4.78 is 5.11. The fourth-order valence-electron chi connectivity index (χ4n) is 2.94. The molecular formula is C23H25N3O3S. The number of nitrogens with one attached hydrogen (secondary N) is 2. The van der Waals surface area contributed by atoms with E-state index in [1.54, 1.807) is 42.7 Å². The quantitative estimate of drug-likeness (QED) is 0.585. The highest BCUT2D eigenvalue weighted by Crippen LogP contribution is 2.23. The number of amides is 2. The summed E-state index contributed by atoms with van der Waals surface area (Å²) in [5, 5.41) is 8.74. The molecule has 1 aromatic heterocycles. The Morgan fingerprint density at radius 1 is 1.03 bits per heavy atom. The van der Waals surface area contributed by atoms with Crippen molar-refractivity contribution in [2.45, 2.75) is 26.8 Å². The lowest BCUT2D eigenvalue weighted by atomic mass is 10.0. The molecule has 2 N–H and O–H groups in total. The Morgan fingerprint density at radius 2 is 1.70 bits per heavy atom. The van der Waals surface area contributed by atoms with E-state index in [0.717, 1.165) is 16.3 Å². The molecule has 6 nitrogen and oxygen atoms in total. The molecule has 0 spiro atoms. The van der Waals surface area contributed by atoms with Gasteiger partial charge in [-0.2, -0.15) is 0 Å². The van der Waals surface area contributed by atoms with Crippen molar-refractivity contribution in [3.63, 3.8) is 0 Å². The van der Waals surface area contributed by atoms with Crippen LogP contribution >= 0.6 is 11.3 Å². The second-order valence-corrected chi connectivity index (χ2v) is 8.30. The number of hydrogen-bond acceptors (Lipinski definition) is 5. The Hall–Kier alpha value is -3.19. The molecule has 30 heavy (non-hydrogen) atoms. The molecule has 0 bridgehead atoms. The maximum Gasteiger partial charge on any atom is 0.251 e. The van der Waals surface area contributed by atoms with E-state index in [2.05, 4.69) is 15.6 Å². The predicted octanol–water partition coefficient (Wildman–Crippen LogP) is 4.52. The summed E-state index contributed by atoms with van der Waals surface area (Å²) in [6, 6.07) is 13.6. The maximum atomic E-state index is 12.8. The lowest BCUT2D eigenvalue weighted by Gasteiger charge is -2.22. The van der Waals surface area contributed by atoms with Crippen LogP contribution in [0.5, 0.6) is 5.75 Å². The Labute approximate surface area is 180 Å². The van der Waals surface area contributed by atoms with Gasteiger partial charge >= 0.3 is 0 Å². The molecule has 156 valence electrons. The molecule has 0 saturated carbocycles. The Kier molecular flexibility index (Phi) is 6.84. The molecule has 2 amide bonds. The molecule has 0 saturated heterocycles. The smallest absolute Gasteiger partial charge is 0.251 e. The molecule has 0 radical (unpaired) electrons. The van der Waals surface area contributed by atoms with Gasteiger partial charge in [0.15, 0.2) is 0 Å². The molecule has 3 rings (SSSR count). The van der Waals surface area contributed by atoms with Gasteiger partial charge in [0.2, 0.25) is 5.91 Å². The zero-order chi connectivity index (χ0) is 21.7. The third-order valence-corrected chi connectivity index (χ3v) is 5.43. The van der Waals surface area contributed by atoms with E-state index < -0.39 is 6.04 Å². The average molecular weight is 424 g/mol. The summed E-state index contributed by atoms with van der Waals surface area (Å²) in [5.74, 6) is 0.0234. The van der Waals surface area contributed by atoms with Crippen molar-refractivity contribution in [1.82, 2.24) is 10.3 Å². The second kappa shape index (κ2) is 9.54. The highest BCUT2D eigenvalue weighted by molar-refractivity contribution is 7.09. The second-order valence-electron chi connectivity index (χ2n) is 7.24. The lowest BCUT2D eigenvalue weighted by molar-refractivity contribution is -0.118. The van der Waals surface area contributed by atoms with Crippen LogP contribution in [-0.2, 0) is 4.79 Å². The van der Waals surface area contributed by atoms with Crippen molar-refractivity contribution in [2.24, 2.45) is 5.92 Å². The molecule has 2 aromatic carbocycles. The Balaban J connectivity index is 1.66. The van der Waals surface area contributed by atoms with Crippen molar-refractivity contribution in [3.05, 3.63) is 64.5 Å². The molecular weight excluding hydrogens is 398 g/mol. The van der Waals surface area contributed by atoms with Gasteiger partial charge in [0.1, 0.15) is 11.8 Å². The van der Waals surface area contributed by atoms with E-state index in [9.17, 15) is 9.59 Å². The van der Waals surface area contributed by atoms with E-state index in [1.165, 1.54) is 0 Å². The van der Waals surface area contributed by atoms with Crippen LogP contribution in [0.15, 0.2) is 53.9 Å². The van der Waals surface area contributed by atoms with Gasteiger partial charge in [0.25, 0.3) is 5.91 Å². The van der Waals surface area contributed by atoms with Crippen LogP contribution in [0.1, 0.15) is 29.2 Å². The van der Waals surface area contributed by atoms with E-state index in [4.69, 9.17) is 4.74 Å². The predicted molar refractivity (Wildman–Crippen MR) is 120 cm³/mol. The number of carbonyl (C=O) groups is 2. The molecule has 3 aromatic rings. The Bertz CT molecular complexity index is 1010. The van der Waals surface area contributed by atoms with Crippen molar-refractivity contribution in [1.29, 1.82) is 0 Å². The summed E-state index contributed by atoms with van der Waals surface area (Å²) in [6.45, 7) is 5.76. The number of anilines is 1. The first-order chi connectivity index (χ1) is 14.4. The zero-order valence-electron chi connectivity index (χ0n) is 17.4. The number of aromatic nitrogens is 1. The number of nitrogens with zero attached hydrogens (tertiary/aromatic N) is 1. The third-order valence-electron chi connectivity index (χ3n) is 4.66. The Morgan fingerprint density at radius 3 is 2.23 bits per heavy atom. The summed E-state index contributed by atoms with van der Waals surface area (Å²) in [5.41, 5.74) is 3.05. The van der Waals surface area contributed by atoms with Gasteiger partial charge in [-0.1, -0.05) is 26.0 Å². The maximum absolute atomic E-state index is 12.8. The number of methoxy groups -OCH3 is 1. The van der Waals surface area contributed by atoms with Crippen LogP contribution in [-0.4, -0.2) is 29.9 Å². The summed E-state index contributed by atoms with van der Waals surface area (Å²) in [7, 11) is 1.57. The number of aryl methyl sites for hydroxylation is 1. The molecule has 0 aliphatic rings. The van der Waals surface area contributed by atoms with Gasteiger partial charge < -0.3 is 15.4 Å². The summed E-state index contributed by atoms with van der Waals surface area (Å²) in [6.07, 6.45) is 0. The van der Waals surface area contributed by atoms with Crippen LogP contribution in [0.25, 0.3) is 11.3 Å². The lowest BCUT2D eigenvalue weighted by Crippen LogP contribution is -2.47. The minimum Gasteiger partial charge on any atom is -0.497 e. The highest BCUT2D eigenvalue weighted by atomic mass is 32.1. The molecule has 0 unspecified atom stereocenters. The number of thiazole rings is 1. The first kappa shape index (κ1) is 21.5. The SMILES string of the molecule is COc1ccc(C(=O)N[C@H](C(=O)Nc2ccc(-c3csc(C)n3)cc2)C(C)C)cc1. The molecule has 1 heterocycles. The standard InChI is InChI=1S/C23H25N3O3S/c1-14(2)21(26-22(27)17-7-11-19(29-4)12-8-17)23(28)25-18-9-5-16(6-10-18)20-13-30-15(3)24-20/h5-14,21H,1-4H3,(H,25,28)(H,26,27)/t21-/m0/s1. The van der Waals surface area contributed by atoms with Gasteiger partial charge in [-0.25, -0.2) is 4.98 Å². The van der Waals surface area contributed by atoms with Crippen molar-refractivity contribution < 1.29 is 14.3 Å². The first-order valence-electron chi connectivity index (χ1n) is 9.65. The van der Waals surface area contributed by atoms with Gasteiger partial charge in [0, 0.05) is 22.2 Å². The van der Waals surface area contributed by atoms with Gasteiger partial charge in [-0.3, -0.25) is 9.59 Å². The van der Waals surface area contributed by atoms with E-state index in [0.29, 0.717) is 17.0 Å². The van der Waals surface area contributed by atoms with Crippen molar-refractivity contribution in [3.8, 4) is 17.0 Å². The largest absolute Gasteiger partial charge is 0.497 e. The number of benzene rings is 2. The monoisotopic (exact) mass is 423 g/mol. The van der Waals surface area contributed by atoms with E-state index in [1.807, 2.05) is 50.4 Å². The first-order valence-corrected chi connectivity index (χ1v) is 10.5. The van der Waals surface area contributed by atoms with E-state index >= 15 is 0 Å². The van der Waals surface area contributed by atoms with Crippen LogP contribution in [0.2, 0.25) is 0 Å². The molecule has 1 atom stereocenters. The number of rotatable bonds is 7. The normalized spacial score (nSPS) is 11.8. The number of ether oxygens (including phenoxy) is 1. The van der Waals surface area contributed by atoms with Crippen LogP contribution in [0, 0.1) is 12.8 Å². The molecule has 0 fully saturated rings. The van der Waals surface area contributed by atoms with Crippen LogP contribution in [0.4, 0.5) is 5.69 Å². The van der Waals surface area contributed by atoms with Gasteiger partial charge in [0.05, 0.1) is 17.8 Å². The number of carbonyl (C=O) groups excluding carboxylic acids is 2. The van der Waals surface area contributed by atoms with Crippen molar-refractivity contribution in [2.75, 3.05) is 12.4 Å². The van der Waals surface area contributed by atoms with Crippen LogP contribution < -0.4 is 15.4 Å². The van der Waals surface area contributed by atoms with Crippen molar-refractivity contribution >= 4 is 28.8 Å². The summed E-state index contributed by atoms with van der Waals surface area (Å²) >= 11 is 1.60. The minimum atomic E-state index is -0.666.